The van der Waals surface area contributed by atoms with E-state index in [0.29, 0.717) is 30.8 Å². The van der Waals surface area contributed by atoms with Gasteiger partial charge in [-0.1, -0.05) is 19.1 Å². The van der Waals surface area contributed by atoms with Crippen LogP contribution in [-0.2, 0) is 10.0 Å². The summed E-state index contributed by atoms with van der Waals surface area (Å²) in [5.41, 5.74) is 0.766. The molecule has 0 unspecified atom stereocenters. The largest absolute Gasteiger partial charge is 0.337 e. The molecule has 0 saturated carbocycles. The van der Waals surface area contributed by atoms with Crippen molar-refractivity contribution in [1.82, 2.24) is 10.2 Å². The maximum Gasteiger partial charge on any atom is 0.256 e. The minimum absolute atomic E-state index is 0.0448. The van der Waals surface area contributed by atoms with Gasteiger partial charge in [-0.3, -0.25) is 9.52 Å². The lowest BCUT2D eigenvalue weighted by molar-refractivity contribution is 0.0767. The van der Waals surface area contributed by atoms with Gasteiger partial charge >= 0.3 is 0 Å². The van der Waals surface area contributed by atoms with Crippen LogP contribution in [0.25, 0.3) is 0 Å². The van der Waals surface area contributed by atoms with E-state index in [1.165, 1.54) is 0 Å². The fourth-order valence-corrected chi connectivity index (χ4v) is 3.62. The van der Waals surface area contributed by atoms with E-state index in [1.807, 2.05) is 0 Å². The first kappa shape index (κ1) is 16.8. The van der Waals surface area contributed by atoms with Crippen LogP contribution in [0.15, 0.2) is 24.3 Å². The van der Waals surface area contributed by atoms with Crippen molar-refractivity contribution in [2.24, 2.45) is 0 Å². The van der Waals surface area contributed by atoms with Crippen LogP contribution in [-0.4, -0.2) is 51.2 Å². The van der Waals surface area contributed by atoms with Crippen LogP contribution >= 0.6 is 0 Å². The van der Waals surface area contributed by atoms with E-state index in [2.05, 4.69) is 10.0 Å². The summed E-state index contributed by atoms with van der Waals surface area (Å²) in [5.74, 6) is -0.0816. The Labute approximate surface area is 131 Å². The molecule has 0 atom stereocenters. The number of para-hydroxylation sites is 1. The van der Waals surface area contributed by atoms with Gasteiger partial charge in [0.1, 0.15) is 0 Å². The van der Waals surface area contributed by atoms with Crippen molar-refractivity contribution in [1.29, 1.82) is 0 Å². The first-order valence-electron chi connectivity index (χ1n) is 7.63. The average Bonchev–Trinajstić information content (AvgIpc) is 2.75. The molecule has 22 heavy (non-hydrogen) atoms. The lowest BCUT2D eigenvalue weighted by atomic mass is 10.1. The molecular formula is C15H23N3O3S. The number of sulfonamides is 1. The van der Waals surface area contributed by atoms with Gasteiger partial charge in [-0.25, -0.2) is 8.42 Å². The minimum atomic E-state index is -3.41. The molecule has 1 aromatic rings. The second kappa shape index (κ2) is 7.60. The third-order valence-corrected chi connectivity index (χ3v) is 5.00. The Morgan fingerprint density at radius 3 is 2.82 bits per heavy atom. The number of hydrogen-bond donors (Lipinski definition) is 2. The number of amides is 1. The number of carbonyl (C=O) groups is 1. The summed E-state index contributed by atoms with van der Waals surface area (Å²) in [4.78, 5) is 14.5. The van der Waals surface area contributed by atoms with Gasteiger partial charge in [0.15, 0.2) is 0 Å². The Bertz CT molecular complexity index is 608. The van der Waals surface area contributed by atoms with Crippen molar-refractivity contribution >= 4 is 21.6 Å². The van der Waals surface area contributed by atoms with E-state index < -0.39 is 10.0 Å². The highest BCUT2D eigenvalue weighted by Crippen LogP contribution is 2.19. The third-order valence-electron chi connectivity index (χ3n) is 3.52. The first-order chi connectivity index (χ1) is 10.5. The molecule has 122 valence electrons. The van der Waals surface area contributed by atoms with Crippen molar-refractivity contribution in [3.63, 3.8) is 0 Å². The number of benzene rings is 1. The molecule has 1 heterocycles. The molecular weight excluding hydrogens is 302 g/mol. The predicted molar refractivity (Wildman–Crippen MR) is 87.5 cm³/mol. The molecule has 6 nitrogen and oxygen atoms in total. The van der Waals surface area contributed by atoms with Crippen molar-refractivity contribution in [3.05, 3.63) is 29.8 Å². The summed E-state index contributed by atoms with van der Waals surface area (Å²) in [6, 6.07) is 6.78. The summed E-state index contributed by atoms with van der Waals surface area (Å²) < 4.78 is 26.5. The number of nitrogens with zero attached hydrogens (tertiary/aromatic N) is 1. The number of anilines is 1. The number of hydrogen-bond acceptors (Lipinski definition) is 4. The molecule has 7 heteroatoms. The molecule has 0 spiro atoms. The van der Waals surface area contributed by atoms with Crippen LogP contribution < -0.4 is 10.0 Å². The van der Waals surface area contributed by atoms with Gasteiger partial charge in [0.05, 0.1) is 17.0 Å². The summed E-state index contributed by atoms with van der Waals surface area (Å²) in [7, 11) is -3.41. The number of nitrogens with one attached hydrogen (secondary N) is 2. The first-order valence-corrected chi connectivity index (χ1v) is 9.28. The Balaban J connectivity index is 2.22. The monoisotopic (exact) mass is 325 g/mol. The van der Waals surface area contributed by atoms with Gasteiger partial charge in [-0.15, -0.1) is 0 Å². The third kappa shape index (κ3) is 4.45. The Morgan fingerprint density at radius 1 is 1.27 bits per heavy atom. The smallest absolute Gasteiger partial charge is 0.256 e. The fourth-order valence-electron chi connectivity index (χ4n) is 2.47. The topological polar surface area (TPSA) is 78.5 Å². The molecule has 1 aliphatic rings. The van der Waals surface area contributed by atoms with E-state index in [4.69, 9.17) is 0 Å². The van der Waals surface area contributed by atoms with Crippen molar-refractivity contribution in [3.8, 4) is 0 Å². The highest BCUT2D eigenvalue weighted by molar-refractivity contribution is 7.92. The maximum absolute atomic E-state index is 12.7. The average molecular weight is 325 g/mol. The van der Waals surface area contributed by atoms with Crippen LogP contribution in [0.4, 0.5) is 5.69 Å². The normalized spacial score (nSPS) is 16.1. The number of rotatable bonds is 5. The predicted octanol–water partition coefficient (Wildman–Crippen LogP) is 1.27. The lowest BCUT2D eigenvalue weighted by Gasteiger charge is -2.21. The Kier molecular flexibility index (Phi) is 5.79. The SMILES string of the molecule is CCCS(=O)(=O)Nc1ccccc1C(=O)N1CCCNCC1. The molecule has 0 aromatic heterocycles. The van der Waals surface area contributed by atoms with Gasteiger partial charge in [-0.05, 0) is 31.5 Å². The minimum Gasteiger partial charge on any atom is -0.337 e. The van der Waals surface area contributed by atoms with Crippen LogP contribution in [0, 0.1) is 0 Å². The van der Waals surface area contributed by atoms with Gasteiger partial charge < -0.3 is 10.2 Å². The Morgan fingerprint density at radius 2 is 2.05 bits per heavy atom. The Hall–Kier alpha value is -1.60. The molecule has 1 fully saturated rings. The van der Waals surface area contributed by atoms with E-state index in [-0.39, 0.29) is 11.7 Å². The molecule has 1 aromatic carbocycles. The second-order valence-electron chi connectivity index (χ2n) is 5.36. The zero-order valence-electron chi connectivity index (χ0n) is 12.8. The zero-order chi connectivity index (χ0) is 16.0. The van der Waals surface area contributed by atoms with Crippen LogP contribution in [0.2, 0.25) is 0 Å². The highest BCUT2D eigenvalue weighted by atomic mass is 32.2. The molecule has 2 N–H and O–H groups in total. The quantitative estimate of drug-likeness (QED) is 0.855. The molecule has 1 aliphatic heterocycles. The summed E-state index contributed by atoms with van der Waals surface area (Å²) >= 11 is 0. The zero-order valence-corrected chi connectivity index (χ0v) is 13.7. The maximum atomic E-state index is 12.7. The summed E-state index contributed by atoms with van der Waals surface area (Å²) in [5, 5.41) is 3.25. The van der Waals surface area contributed by atoms with Crippen LogP contribution in [0.1, 0.15) is 30.1 Å². The molecule has 2 rings (SSSR count). The van der Waals surface area contributed by atoms with Gasteiger partial charge in [0.25, 0.3) is 5.91 Å². The standard InChI is InChI=1S/C15H23N3O3S/c1-2-12-22(20,21)17-14-7-4-3-6-13(14)15(19)18-10-5-8-16-9-11-18/h3-4,6-7,16-17H,2,5,8-12H2,1H3. The van der Waals surface area contributed by atoms with E-state index in [9.17, 15) is 13.2 Å². The van der Waals surface area contributed by atoms with E-state index in [0.717, 1.165) is 19.5 Å². The van der Waals surface area contributed by atoms with Gasteiger partial charge in [0, 0.05) is 19.6 Å². The van der Waals surface area contributed by atoms with Gasteiger partial charge in [-0.2, -0.15) is 0 Å². The van der Waals surface area contributed by atoms with Crippen molar-refractivity contribution in [2.75, 3.05) is 36.7 Å². The molecule has 0 radical (unpaired) electrons. The lowest BCUT2D eigenvalue weighted by Crippen LogP contribution is -2.34. The van der Waals surface area contributed by atoms with Crippen molar-refractivity contribution < 1.29 is 13.2 Å². The van der Waals surface area contributed by atoms with Crippen LogP contribution in [0.3, 0.4) is 0 Å². The summed E-state index contributed by atoms with van der Waals surface area (Å²) in [6.45, 7) is 4.78. The molecule has 1 saturated heterocycles. The fraction of sp³-hybridized carbons (Fsp3) is 0.533. The van der Waals surface area contributed by atoms with Crippen molar-refractivity contribution in [2.45, 2.75) is 19.8 Å². The number of carbonyl (C=O) groups excluding carboxylic acids is 1. The highest BCUT2D eigenvalue weighted by Gasteiger charge is 2.21. The van der Waals surface area contributed by atoms with Gasteiger partial charge in [0.2, 0.25) is 10.0 Å². The second-order valence-corrected chi connectivity index (χ2v) is 7.20. The molecule has 0 aliphatic carbocycles. The van der Waals surface area contributed by atoms with E-state index >= 15 is 0 Å². The molecule has 1 amide bonds. The summed E-state index contributed by atoms with van der Waals surface area (Å²) in [6.07, 6.45) is 1.43. The van der Waals surface area contributed by atoms with E-state index in [1.54, 1.807) is 36.1 Å². The molecule has 0 bridgehead atoms. The van der Waals surface area contributed by atoms with Crippen LogP contribution in [0.5, 0.6) is 0 Å².